The maximum atomic E-state index is 5.35. The Kier molecular flexibility index (Phi) is 5.32. The van der Waals surface area contributed by atoms with Crippen molar-refractivity contribution in [1.82, 2.24) is 0 Å². The van der Waals surface area contributed by atoms with Crippen LogP contribution in [0, 0.1) is 5.92 Å². The molecular formula is C9H18O. The van der Waals surface area contributed by atoms with E-state index >= 15 is 0 Å². The highest BCUT2D eigenvalue weighted by Crippen LogP contribution is 2.18. The summed E-state index contributed by atoms with van der Waals surface area (Å²) in [6, 6.07) is 0. The van der Waals surface area contributed by atoms with Gasteiger partial charge < -0.3 is 4.74 Å². The lowest BCUT2D eigenvalue weighted by Crippen LogP contribution is -2.20. The molecule has 0 spiro atoms. The van der Waals surface area contributed by atoms with Crippen molar-refractivity contribution in [2.24, 2.45) is 5.92 Å². The van der Waals surface area contributed by atoms with Gasteiger partial charge in [-0.1, -0.05) is 6.92 Å². The first-order chi connectivity index (χ1) is 4.79. The molecule has 0 saturated carbocycles. The van der Waals surface area contributed by atoms with Gasteiger partial charge in [-0.15, -0.1) is 13.2 Å². The van der Waals surface area contributed by atoms with Crippen LogP contribution in [0.25, 0.3) is 0 Å². The van der Waals surface area contributed by atoms with Gasteiger partial charge in [0.25, 0.3) is 0 Å². The molecule has 1 nitrogen and oxygen atoms in total. The number of hydrogen-bond acceptors (Lipinski definition) is 1. The molecule has 60 valence electrons. The molecule has 2 atom stereocenters. The topological polar surface area (TPSA) is 9.23 Å². The second kappa shape index (κ2) is 5.48. The zero-order valence-electron chi connectivity index (χ0n) is 7.10. The molecule has 1 heterocycles. The highest BCUT2D eigenvalue weighted by atomic mass is 16.5. The molecule has 0 aromatic heterocycles. The van der Waals surface area contributed by atoms with Gasteiger partial charge in [0.2, 0.25) is 0 Å². The lowest BCUT2D eigenvalue weighted by molar-refractivity contribution is 0.00682. The molecule has 0 aliphatic carbocycles. The second-order valence-corrected chi connectivity index (χ2v) is 2.81. The summed E-state index contributed by atoms with van der Waals surface area (Å²) >= 11 is 0. The standard InChI is InChI=1S/C7H14O.C2H4/c1-6-3-4-8-7(2)5-6;1-2/h6-7H,3-5H2,1-2H3;1-2H2. The minimum absolute atomic E-state index is 0.513. The van der Waals surface area contributed by atoms with Crippen LogP contribution in [0.1, 0.15) is 26.7 Å². The summed E-state index contributed by atoms with van der Waals surface area (Å²) in [5.74, 6) is 0.888. The van der Waals surface area contributed by atoms with Gasteiger partial charge in [0.15, 0.2) is 0 Å². The Balaban J connectivity index is 0.000000371. The van der Waals surface area contributed by atoms with Crippen LogP contribution in [0.3, 0.4) is 0 Å². The van der Waals surface area contributed by atoms with Gasteiger partial charge in [0, 0.05) is 6.61 Å². The third kappa shape index (κ3) is 3.67. The first-order valence-corrected chi connectivity index (χ1v) is 3.90. The largest absolute Gasteiger partial charge is 0.378 e. The van der Waals surface area contributed by atoms with Gasteiger partial charge >= 0.3 is 0 Å². The van der Waals surface area contributed by atoms with Crippen LogP contribution in [0.2, 0.25) is 0 Å². The van der Waals surface area contributed by atoms with Crippen LogP contribution in [0.15, 0.2) is 13.2 Å². The van der Waals surface area contributed by atoms with Gasteiger partial charge in [-0.25, -0.2) is 0 Å². The molecule has 2 unspecified atom stereocenters. The van der Waals surface area contributed by atoms with Crippen molar-refractivity contribution in [3.05, 3.63) is 13.2 Å². The molecule has 0 bridgehead atoms. The minimum atomic E-state index is 0.513. The van der Waals surface area contributed by atoms with Crippen LogP contribution < -0.4 is 0 Å². The predicted molar refractivity (Wildman–Crippen MR) is 45.1 cm³/mol. The van der Waals surface area contributed by atoms with Gasteiger partial charge in [-0.3, -0.25) is 0 Å². The van der Waals surface area contributed by atoms with Crippen molar-refractivity contribution in [2.45, 2.75) is 32.8 Å². The Morgan fingerprint density at radius 2 is 1.90 bits per heavy atom. The fourth-order valence-corrected chi connectivity index (χ4v) is 1.22. The highest BCUT2D eigenvalue weighted by molar-refractivity contribution is 4.63. The average molecular weight is 142 g/mol. The van der Waals surface area contributed by atoms with Crippen LogP contribution in [0.5, 0.6) is 0 Å². The average Bonchev–Trinajstić information content (AvgIpc) is 1.91. The Morgan fingerprint density at radius 1 is 1.30 bits per heavy atom. The van der Waals surface area contributed by atoms with Gasteiger partial charge in [0.1, 0.15) is 0 Å². The molecule has 10 heavy (non-hydrogen) atoms. The molecule has 1 heteroatoms. The SMILES string of the molecule is C=C.CC1CCOC(C)C1. The molecule has 1 fully saturated rings. The fourth-order valence-electron chi connectivity index (χ4n) is 1.22. The van der Waals surface area contributed by atoms with Gasteiger partial charge in [-0.05, 0) is 25.7 Å². The summed E-state index contributed by atoms with van der Waals surface area (Å²) in [5.41, 5.74) is 0. The summed E-state index contributed by atoms with van der Waals surface area (Å²) < 4.78 is 5.35. The predicted octanol–water partition coefficient (Wildman–Crippen LogP) is 2.62. The van der Waals surface area contributed by atoms with E-state index < -0.39 is 0 Å². The quantitative estimate of drug-likeness (QED) is 0.472. The van der Waals surface area contributed by atoms with E-state index in [1.165, 1.54) is 12.8 Å². The molecular weight excluding hydrogens is 124 g/mol. The second-order valence-electron chi connectivity index (χ2n) is 2.81. The molecule has 0 radical (unpaired) electrons. The molecule has 1 saturated heterocycles. The maximum Gasteiger partial charge on any atom is 0.0549 e. The molecule has 0 aromatic rings. The van der Waals surface area contributed by atoms with E-state index in [0.717, 1.165) is 12.5 Å². The molecule has 1 aliphatic heterocycles. The van der Waals surface area contributed by atoms with Crippen LogP contribution in [0.4, 0.5) is 0 Å². The smallest absolute Gasteiger partial charge is 0.0549 e. The van der Waals surface area contributed by atoms with Crippen molar-refractivity contribution in [3.63, 3.8) is 0 Å². The first kappa shape index (κ1) is 9.70. The lowest BCUT2D eigenvalue weighted by Gasteiger charge is -2.23. The Morgan fingerprint density at radius 3 is 2.20 bits per heavy atom. The monoisotopic (exact) mass is 142 g/mol. The molecule has 1 aliphatic rings. The number of rotatable bonds is 0. The van der Waals surface area contributed by atoms with Crippen molar-refractivity contribution < 1.29 is 4.74 Å². The van der Waals surface area contributed by atoms with E-state index in [1.807, 2.05) is 0 Å². The minimum Gasteiger partial charge on any atom is -0.378 e. The first-order valence-electron chi connectivity index (χ1n) is 3.90. The third-order valence-corrected chi connectivity index (χ3v) is 1.75. The fraction of sp³-hybridized carbons (Fsp3) is 0.778. The Labute approximate surface area is 64.1 Å². The summed E-state index contributed by atoms with van der Waals surface area (Å²) in [4.78, 5) is 0. The van der Waals surface area contributed by atoms with Crippen molar-refractivity contribution in [3.8, 4) is 0 Å². The normalized spacial score (nSPS) is 32.2. The molecule has 0 amide bonds. The van der Waals surface area contributed by atoms with Crippen molar-refractivity contribution >= 4 is 0 Å². The Bertz CT molecular complexity index is 72.8. The molecule has 0 aromatic carbocycles. The van der Waals surface area contributed by atoms with Crippen LogP contribution in [-0.4, -0.2) is 12.7 Å². The number of hydrogen-bond donors (Lipinski definition) is 0. The summed E-state index contributed by atoms with van der Waals surface area (Å²) in [5, 5.41) is 0. The van der Waals surface area contributed by atoms with E-state index in [0.29, 0.717) is 6.10 Å². The third-order valence-electron chi connectivity index (χ3n) is 1.75. The maximum absolute atomic E-state index is 5.35. The van der Waals surface area contributed by atoms with E-state index in [1.54, 1.807) is 0 Å². The molecule has 1 rings (SSSR count). The van der Waals surface area contributed by atoms with Gasteiger partial charge in [-0.2, -0.15) is 0 Å². The molecule has 0 N–H and O–H groups in total. The summed E-state index contributed by atoms with van der Waals surface area (Å²) in [7, 11) is 0. The van der Waals surface area contributed by atoms with Crippen LogP contribution >= 0.6 is 0 Å². The lowest BCUT2D eigenvalue weighted by atomic mass is 9.99. The van der Waals surface area contributed by atoms with Crippen molar-refractivity contribution in [1.29, 1.82) is 0 Å². The van der Waals surface area contributed by atoms with Crippen LogP contribution in [-0.2, 0) is 4.74 Å². The van der Waals surface area contributed by atoms with E-state index in [4.69, 9.17) is 4.74 Å². The van der Waals surface area contributed by atoms with E-state index in [2.05, 4.69) is 27.0 Å². The number of ether oxygens (including phenoxy) is 1. The van der Waals surface area contributed by atoms with E-state index in [9.17, 15) is 0 Å². The van der Waals surface area contributed by atoms with Gasteiger partial charge in [0.05, 0.1) is 6.10 Å². The Hall–Kier alpha value is -0.300. The zero-order valence-corrected chi connectivity index (χ0v) is 7.10. The highest BCUT2D eigenvalue weighted by Gasteiger charge is 2.13. The summed E-state index contributed by atoms with van der Waals surface area (Å²) in [6.07, 6.45) is 3.02. The zero-order chi connectivity index (χ0) is 7.98. The summed E-state index contributed by atoms with van der Waals surface area (Å²) in [6.45, 7) is 11.4. The van der Waals surface area contributed by atoms with Crippen molar-refractivity contribution in [2.75, 3.05) is 6.61 Å². The van der Waals surface area contributed by atoms with E-state index in [-0.39, 0.29) is 0 Å².